The second-order valence-corrected chi connectivity index (χ2v) is 5.19. The van der Waals surface area contributed by atoms with Crippen molar-refractivity contribution in [1.29, 1.82) is 0 Å². The van der Waals surface area contributed by atoms with Crippen LogP contribution in [0.15, 0.2) is 12.1 Å². The molecular formula is C13H18ClN. The minimum absolute atomic E-state index is 0.0978. The van der Waals surface area contributed by atoms with Gasteiger partial charge < -0.3 is 5.73 Å². The highest BCUT2D eigenvalue weighted by Crippen LogP contribution is 2.39. The summed E-state index contributed by atoms with van der Waals surface area (Å²) in [5, 5.41) is 0.845. The molecule has 15 heavy (non-hydrogen) atoms. The lowest BCUT2D eigenvalue weighted by Gasteiger charge is -2.27. The number of hydrogen-bond acceptors (Lipinski definition) is 1. The molecule has 1 fully saturated rings. The first-order valence-corrected chi connectivity index (χ1v) is 5.97. The van der Waals surface area contributed by atoms with Gasteiger partial charge in [-0.1, -0.05) is 30.5 Å². The standard InChI is InChI=1S/C13H18ClN/c1-9-8-12(14)10(2)7-11(9)13(15)5-3-4-6-13/h7-8H,3-6,15H2,1-2H3. The zero-order chi connectivity index (χ0) is 11.1. The number of benzene rings is 1. The maximum Gasteiger partial charge on any atom is 0.0438 e. The van der Waals surface area contributed by atoms with E-state index in [1.54, 1.807) is 0 Å². The van der Waals surface area contributed by atoms with Gasteiger partial charge in [0.25, 0.3) is 0 Å². The normalized spacial score (nSPS) is 19.5. The molecule has 0 atom stereocenters. The van der Waals surface area contributed by atoms with E-state index in [9.17, 15) is 0 Å². The van der Waals surface area contributed by atoms with Crippen molar-refractivity contribution in [3.63, 3.8) is 0 Å². The summed E-state index contributed by atoms with van der Waals surface area (Å²) in [7, 11) is 0. The van der Waals surface area contributed by atoms with E-state index >= 15 is 0 Å². The van der Waals surface area contributed by atoms with Crippen LogP contribution in [0.1, 0.15) is 42.4 Å². The number of nitrogens with two attached hydrogens (primary N) is 1. The Morgan fingerprint density at radius 3 is 2.33 bits per heavy atom. The van der Waals surface area contributed by atoms with Crippen LogP contribution in [-0.4, -0.2) is 0 Å². The van der Waals surface area contributed by atoms with E-state index in [1.165, 1.54) is 24.0 Å². The molecule has 1 aliphatic rings. The van der Waals surface area contributed by atoms with Crippen LogP contribution in [0.4, 0.5) is 0 Å². The number of rotatable bonds is 1. The Hall–Kier alpha value is -0.530. The Labute approximate surface area is 96.6 Å². The van der Waals surface area contributed by atoms with Gasteiger partial charge in [-0.05, 0) is 49.4 Å². The van der Waals surface area contributed by atoms with Gasteiger partial charge in [-0.2, -0.15) is 0 Å². The van der Waals surface area contributed by atoms with Crippen molar-refractivity contribution < 1.29 is 0 Å². The molecule has 1 aromatic rings. The summed E-state index contributed by atoms with van der Waals surface area (Å²) in [5.41, 5.74) is 10.0. The SMILES string of the molecule is Cc1cc(C2(N)CCCC2)c(C)cc1Cl. The average Bonchev–Trinajstić information content (AvgIpc) is 2.60. The molecule has 1 aliphatic carbocycles. The molecule has 1 aromatic carbocycles. The molecule has 2 rings (SSSR count). The quantitative estimate of drug-likeness (QED) is 0.772. The van der Waals surface area contributed by atoms with Crippen LogP contribution in [0, 0.1) is 13.8 Å². The van der Waals surface area contributed by atoms with Gasteiger partial charge in [0, 0.05) is 10.6 Å². The van der Waals surface area contributed by atoms with Gasteiger partial charge in [0.05, 0.1) is 0 Å². The predicted octanol–water partition coefficient (Wildman–Crippen LogP) is 3.68. The molecule has 0 spiro atoms. The van der Waals surface area contributed by atoms with Crippen LogP contribution in [0.2, 0.25) is 5.02 Å². The Balaban J connectivity index is 2.48. The largest absolute Gasteiger partial charge is 0.321 e. The lowest BCUT2D eigenvalue weighted by Crippen LogP contribution is -2.34. The Morgan fingerprint density at radius 1 is 1.13 bits per heavy atom. The third kappa shape index (κ3) is 1.91. The van der Waals surface area contributed by atoms with Crippen molar-refractivity contribution in [1.82, 2.24) is 0 Å². The maximum atomic E-state index is 6.46. The molecule has 0 aromatic heterocycles. The molecule has 82 valence electrons. The van der Waals surface area contributed by atoms with Crippen molar-refractivity contribution in [2.24, 2.45) is 5.73 Å². The van der Waals surface area contributed by atoms with E-state index in [0.717, 1.165) is 23.4 Å². The fourth-order valence-corrected chi connectivity index (χ4v) is 2.81. The summed E-state index contributed by atoms with van der Waals surface area (Å²) in [6.07, 6.45) is 4.71. The highest BCUT2D eigenvalue weighted by atomic mass is 35.5. The monoisotopic (exact) mass is 223 g/mol. The molecule has 0 radical (unpaired) electrons. The molecule has 0 amide bonds. The third-order valence-corrected chi connectivity index (χ3v) is 3.95. The Kier molecular flexibility index (Phi) is 2.78. The summed E-state index contributed by atoms with van der Waals surface area (Å²) in [4.78, 5) is 0. The summed E-state index contributed by atoms with van der Waals surface area (Å²) < 4.78 is 0. The molecular weight excluding hydrogens is 206 g/mol. The van der Waals surface area contributed by atoms with E-state index in [1.807, 2.05) is 13.0 Å². The highest BCUT2D eigenvalue weighted by molar-refractivity contribution is 6.31. The van der Waals surface area contributed by atoms with E-state index in [0.29, 0.717) is 0 Å². The average molecular weight is 224 g/mol. The number of hydrogen-bond donors (Lipinski definition) is 1. The topological polar surface area (TPSA) is 26.0 Å². The number of halogens is 1. The predicted molar refractivity (Wildman–Crippen MR) is 65.3 cm³/mol. The van der Waals surface area contributed by atoms with Gasteiger partial charge in [-0.3, -0.25) is 0 Å². The van der Waals surface area contributed by atoms with Gasteiger partial charge >= 0.3 is 0 Å². The molecule has 1 saturated carbocycles. The van der Waals surface area contributed by atoms with Gasteiger partial charge in [0.2, 0.25) is 0 Å². The van der Waals surface area contributed by atoms with Crippen LogP contribution >= 0.6 is 11.6 Å². The summed E-state index contributed by atoms with van der Waals surface area (Å²) in [5.74, 6) is 0. The third-order valence-electron chi connectivity index (χ3n) is 3.54. The highest BCUT2D eigenvalue weighted by Gasteiger charge is 2.32. The van der Waals surface area contributed by atoms with Crippen LogP contribution in [0.25, 0.3) is 0 Å². The Morgan fingerprint density at radius 2 is 1.73 bits per heavy atom. The van der Waals surface area contributed by atoms with E-state index in [-0.39, 0.29) is 5.54 Å². The molecule has 0 heterocycles. The first-order valence-electron chi connectivity index (χ1n) is 5.59. The fourth-order valence-electron chi connectivity index (χ4n) is 2.59. The van der Waals surface area contributed by atoms with Gasteiger partial charge in [0.15, 0.2) is 0 Å². The van der Waals surface area contributed by atoms with Gasteiger partial charge in [-0.15, -0.1) is 0 Å². The molecule has 2 heteroatoms. The van der Waals surface area contributed by atoms with E-state index in [2.05, 4.69) is 13.0 Å². The molecule has 1 nitrogen and oxygen atoms in total. The zero-order valence-corrected chi connectivity index (χ0v) is 10.2. The fraction of sp³-hybridized carbons (Fsp3) is 0.538. The molecule has 0 bridgehead atoms. The van der Waals surface area contributed by atoms with E-state index < -0.39 is 0 Å². The van der Waals surface area contributed by atoms with Crippen LogP contribution < -0.4 is 5.73 Å². The second kappa shape index (κ2) is 3.80. The van der Waals surface area contributed by atoms with Crippen molar-refractivity contribution in [2.75, 3.05) is 0 Å². The van der Waals surface area contributed by atoms with Crippen molar-refractivity contribution in [3.05, 3.63) is 33.8 Å². The number of aryl methyl sites for hydroxylation is 2. The first kappa shape index (κ1) is 11.0. The van der Waals surface area contributed by atoms with Crippen molar-refractivity contribution in [2.45, 2.75) is 45.1 Å². The molecule has 0 saturated heterocycles. The minimum Gasteiger partial charge on any atom is -0.321 e. The zero-order valence-electron chi connectivity index (χ0n) is 9.44. The van der Waals surface area contributed by atoms with Crippen molar-refractivity contribution in [3.8, 4) is 0 Å². The van der Waals surface area contributed by atoms with Gasteiger partial charge in [0.1, 0.15) is 0 Å². The lowest BCUT2D eigenvalue weighted by molar-refractivity contribution is 0.459. The smallest absolute Gasteiger partial charge is 0.0438 e. The van der Waals surface area contributed by atoms with Crippen LogP contribution in [0.5, 0.6) is 0 Å². The minimum atomic E-state index is -0.0978. The Bertz CT molecular complexity index is 378. The van der Waals surface area contributed by atoms with Crippen molar-refractivity contribution >= 4 is 11.6 Å². The molecule has 0 unspecified atom stereocenters. The molecule has 2 N–H and O–H groups in total. The lowest BCUT2D eigenvalue weighted by atomic mass is 9.85. The summed E-state index contributed by atoms with van der Waals surface area (Å²) in [6.45, 7) is 4.15. The summed E-state index contributed by atoms with van der Waals surface area (Å²) in [6, 6.07) is 4.21. The second-order valence-electron chi connectivity index (χ2n) is 4.78. The summed E-state index contributed by atoms with van der Waals surface area (Å²) >= 11 is 6.10. The first-order chi connectivity index (χ1) is 7.03. The van der Waals surface area contributed by atoms with Gasteiger partial charge in [-0.25, -0.2) is 0 Å². The van der Waals surface area contributed by atoms with Crippen LogP contribution in [-0.2, 0) is 5.54 Å². The molecule has 0 aliphatic heterocycles. The van der Waals surface area contributed by atoms with E-state index in [4.69, 9.17) is 17.3 Å². The van der Waals surface area contributed by atoms with Crippen LogP contribution in [0.3, 0.4) is 0 Å². The maximum absolute atomic E-state index is 6.46.